The van der Waals surface area contributed by atoms with E-state index in [0.29, 0.717) is 34.4 Å². The average molecular weight is 322 g/mol. The second-order valence-electron chi connectivity index (χ2n) is 5.49. The van der Waals surface area contributed by atoms with Gasteiger partial charge in [-0.3, -0.25) is 14.4 Å². The Bertz CT molecular complexity index is 856. The number of hydrogen-bond donors (Lipinski definition) is 2. The molecule has 0 radical (unpaired) electrons. The molecule has 120 valence electrons. The lowest BCUT2D eigenvalue weighted by Gasteiger charge is -2.06. The Hall–Kier alpha value is -3.28. The van der Waals surface area contributed by atoms with Crippen molar-refractivity contribution in [3.8, 4) is 0 Å². The molecule has 2 aromatic carbocycles. The Kier molecular flexibility index (Phi) is 3.95. The molecule has 6 nitrogen and oxygen atoms in total. The third kappa shape index (κ3) is 2.81. The van der Waals surface area contributed by atoms with Gasteiger partial charge in [-0.2, -0.15) is 0 Å². The molecule has 3 rings (SSSR count). The van der Waals surface area contributed by atoms with Crippen molar-refractivity contribution in [3.05, 3.63) is 59.2 Å². The van der Waals surface area contributed by atoms with Crippen molar-refractivity contribution in [3.63, 3.8) is 0 Å². The molecule has 24 heavy (non-hydrogen) atoms. The van der Waals surface area contributed by atoms with E-state index < -0.39 is 5.92 Å². The highest BCUT2D eigenvalue weighted by atomic mass is 16.2. The summed E-state index contributed by atoms with van der Waals surface area (Å²) in [5.41, 5.74) is 2.53. The number of hydrogen-bond acceptors (Lipinski definition) is 4. The van der Waals surface area contributed by atoms with Gasteiger partial charge in [-0.15, -0.1) is 0 Å². The predicted octanol–water partition coefficient (Wildman–Crippen LogP) is 2.11. The van der Waals surface area contributed by atoms with Crippen LogP contribution in [0.1, 0.15) is 34.3 Å². The Morgan fingerprint density at radius 3 is 2.38 bits per heavy atom. The van der Waals surface area contributed by atoms with Crippen LogP contribution < -0.4 is 10.6 Å². The molecule has 2 amide bonds. The molecular weight excluding hydrogens is 308 g/mol. The van der Waals surface area contributed by atoms with Gasteiger partial charge in [0.2, 0.25) is 11.8 Å². The maximum Gasteiger partial charge on any atom is 0.239 e. The van der Waals surface area contributed by atoms with E-state index in [0.717, 1.165) is 0 Å². The van der Waals surface area contributed by atoms with Gasteiger partial charge in [-0.1, -0.05) is 12.1 Å². The molecule has 6 heteroatoms. The van der Waals surface area contributed by atoms with Gasteiger partial charge < -0.3 is 15.4 Å². The van der Waals surface area contributed by atoms with Crippen LogP contribution in [-0.4, -0.2) is 23.9 Å². The van der Waals surface area contributed by atoms with E-state index in [1.807, 2.05) is 0 Å². The highest BCUT2D eigenvalue weighted by molar-refractivity contribution is 6.14. The van der Waals surface area contributed by atoms with Crippen LogP contribution in [0.3, 0.4) is 0 Å². The lowest BCUT2D eigenvalue weighted by molar-refractivity contribution is -0.121. The lowest BCUT2D eigenvalue weighted by atomic mass is 9.97. The molecule has 1 aliphatic rings. The summed E-state index contributed by atoms with van der Waals surface area (Å²) >= 11 is 0. The molecule has 2 N–H and O–H groups in total. The van der Waals surface area contributed by atoms with Crippen LogP contribution in [0.4, 0.5) is 11.4 Å². The fourth-order valence-electron chi connectivity index (χ4n) is 2.64. The largest absolute Gasteiger partial charge is 0.326 e. The normalized spacial score (nSPS) is 15.4. The first kappa shape index (κ1) is 15.6. The van der Waals surface area contributed by atoms with Crippen molar-refractivity contribution in [1.29, 1.82) is 0 Å². The number of amides is 2. The molecule has 1 atom stereocenters. The molecule has 0 fully saturated rings. The van der Waals surface area contributed by atoms with Crippen molar-refractivity contribution in [2.24, 2.45) is 0 Å². The first-order valence-electron chi connectivity index (χ1n) is 7.32. The first-order valence-corrected chi connectivity index (χ1v) is 7.32. The Balaban J connectivity index is 1.86. The van der Waals surface area contributed by atoms with E-state index in [1.54, 1.807) is 42.5 Å². The zero-order chi connectivity index (χ0) is 17.3. The molecule has 1 unspecified atom stereocenters. The summed E-state index contributed by atoms with van der Waals surface area (Å²) in [5.74, 6) is -1.60. The van der Waals surface area contributed by atoms with Crippen LogP contribution in [0.5, 0.6) is 0 Å². The van der Waals surface area contributed by atoms with Gasteiger partial charge in [-0.25, -0.2) is 0 Å². The zero-order valence-corrected chi connectivity index (χ0v) is 12.8. The highest BCUT2D eigenvalue weighted by Crippen LogP contribution is 2.32. The summed E-state index contributed by atoms with van der Waals surface area (Å²) in [5, 5.41) is 5.24. The zero-order valence-electron chi connectivity index (χ0n) is 12.8. The summed E-state index contributed by atoms with van der Waals surface area (Å²) in [6.07, 6.45) is 0.587. The summed E-state index contributed by atoms with van der Waals surface area (Å²) < 4.78 is 0. The number of aldehydes is 1. The molecule has 1 aliphatic heterocycles. The molecular formula is C18H14N2O4. The average Bonchev–Trinajstić information content (AvgIpc) is 2.88. The molecule has 1 heterocycles. The smallest absolute Gasteiger partial charge is 0.239 e. The van der Waals surface area contributed by atoms with Crippen molar-refractivity contribution in [2.75, 3.05) is 10.6 Å². The van der Waals surface area contributed by atoms with Crippen molar-refractivity contribution in [1.82, 2.24) is 0 Å². The topological polar surface area (TPSA) is 92.3 Å². The van der Waals surface area contributed by atoms with Crippen LogP contribution in [0.2, 0.25) is 0 Å². The van der Waals surface area contributed by atoms with Gasteiger partial charge in [0.05, 0.1) is 0 Å². The third-order valence-electron chi connectivity index (χ3n) is 3.79. The number of carbonyl (C=O) groups is 4. The van der Waals surface area contributed by atoms with Gasteiger partial charge >= 0.3 is 0 Å². The van der Waals surface area contributed by atoms with Gasteiger partial charge in [0, 0.05) is 29.4 Å². The molecule has 0 aromatic heterocycles. The Morgan fingerprint density at radius 2 is 1.75 bits per heavy atom. The van der Waals surface area contributed by atoms with Crippen LogP contribution in [0, 0.1) is 0 Å². The van der Waals surface area contributed by atoms with E-state index in [9.17, 15) is 19.2 Å². The van der Waals surface area contributed by atoms with Gasteiger partial charge in [-0.05, 0) is 35.9 Å². The maximum atomic E-state index is 12.5. The lowest BCUT2D eigenvalue weighted by Crippen LogP contribution is -2.12. The summed E-state index contributed by atoms with van der Waals surface area (Å²) in [6.45, 7) is 1.41. The van der Waals surface area contributed by atoms with Gasteiger partial charge in [0.25, 0.3) is 0 Å². The second kappa shape index (κ2) is 6.08. The monoisotopic (exact) mass is 322 g/mol. The van der Waals surface area contributed by atoms with Crippen molar-refractivity contribution >= 4 is 35.3 Å². The number of carbonyl (C=O) groups excluding carboxylic acids is 4. The van der Waals surface area contributed by atoms with Crippen LogP contribution >= 0.6 is 0 Å². The Morgan fingerprint density at radius 1 is 1.08 bits per heavy atom. The second-order valence-corrected chi connectivity index (χ2v) is 5.49. The first-order chi connectivity index (χ1) is 11.5. The highest BCUT2D eigenvalue weighted by Gasteiger charge is 2.30. The molecule has 0 saturated heterocycles. The quantitative estimate of drug-likeness (QED) is 0.512. The number of fused-ring (bicyclic) bond motifs is 1. The van der Waals surface area contributed by atoms with E-state index in [2.05, 4.69) is 10.6 Å². The number of ketones is 1. The minimum atomic E-state index is -0.818. The van der Waals surface area contributed by atoms with E-state index in [1.165, 1.54) is 6.92 Å². The van der Waals surface area contributed by atoms with Crippen molar-refractivity contribution in [2.45, 2.75) is 12.8 Å². The molecule has 0 aliphatic carbocycles. The van der Waals surface area contributed by atoms with E-state index in [-0.39, 0.29) is 17.6 Å². The van der Waals surface area contributed by atoms with Crippen molar-refractivity contribution < 1.29 is 19.2 Å². The number of anilines is 2. The number of rotatable bonds is 4. The van der Waals surface area contributed by atoms with Crippen LogP contribution in [0.15, 0.2) is 42.5 Å². The van der Waals surface area contributed by atoms with Gasteiger partial charge in [0.1, 0.15) is 12.2 Å². The van der Waals surface area contributed by atoms with E-state index >= 15 is 0 Å². The summed E-state index contributed by atoms with van der Waals surface area (Å²) in [6, 6.07) is 11.3. The molecule has 2 aromatic rings. The Labute approximate surface area is 137 Å². The minimum absolute atomic E-state index is 0.187. The van der Waals surface area contributed by atoms with Crippen LogP contribution in [0.25, 0.3) is 0 Å². The molecule has 0 bridgehead atoms. The molecule has 0 spiro atoms. The molecule has 0 saturated carbocycles. The predicted molar refractivity (Wildman–Crippen MR) is 88.1 cm³/mol. The summed E-state index contributed by atoms with van der Waals surface area (Å²) in [7, 11) is 0. The number of nitrogens with one attached hydrogen (secondary N) is 2. The van der Waals surface area contributed by atoms with Crippen LogP contribution in [-0.2, 0) is 14.4 Å². The fraction of sp³-hybridized carbons (Fsp3) is 0.111. The summed E-state index contributed by atoms with van der Waals surface area (Å²) in [4.78, 5) is 46.2. The van der Waals surface area contributed by atoms with E-state index in [4.69, 9.17) is 0 Å². The SMILES string of the molecule is CC(=O)Nc1ccc(C(=O)c2ccc3c(c2)NC(=O)C3C=O)cc1. The minimum Gasteiger partial charge on any atom is -0.326 e. The third-order valence-corrected chi connectivity index (χ3v) is 3.79. The van der Waals surface area contributed by atoms with Gasteiger partial charge in [0.15, 0.2) is 5.78 Å². The number of benzene rings is 2. The standard InChI is InChI=1S/C18H14N2O4/c1-10(22)19-13-5-2-11(3-6-13)17(23)12-4-7-14-15(9-21)18(24)20-16(14)8-12/h2-9,15H,1H3,(H,19,22)(H,20,24). The fourth-order valence-corrected chi connectivity index (χ4v) is 2.64. The maximum absolute atomic E-state index is 12.5.